The van der Waals surface area contributed by atoms with Crippen LogP contribution >= 0.6 is 0 Å². The topological polar surface area (TPSA) is 63.6 Å². The lowest BCUT2D eigenvalue weighted by Gasteiger charge is -2.37. The molecule has 6 nitrogen and oxygen atoms in total. The summed E-state index contributed by atoms with van der Waals surface area (Å²) in [4.78, 5) is 27.4. The number of β-lactam (4-membered cyclic amide) rings is 1. The van der Waals surface area contributed by atoms with Crippen molar-refractivity contribution in [3.63, 3.8) is 0 Å². The first kappa shape index (κ1) is 19.1. The quantitative estimate of drug-likeness (QED) is 0.675. The van der Waals surface area contributed by atoms with Crippen LogP contribution in [-0.2, 0) is 16.6 Å². The zero-order chi connectivity index (χ0) is 20.7. The molecule has 2 heterocycles. The molecule has 2 amide bonds. The number of benzene rings is 2. The van der Waals surface area contributed by atoms with Crippen LogP contribution in [0.4, 0.5) is 5.69 Å². The standard InChI is InChI=1S/C23H25N3O3/c1-14-5-7-16(8-6-14)24-23(28)22(26-12-11-20(26)27)21-15(2)25(3)19-10-9-17(29-4)13-18(19)21/h5-10,13,22H,11-12H2,1-4H3,(H,24,28). The normalized spacial score (nSPS) is 14.6. The second kappa shape index (κ2) is 7.28. The molecule has 0 spiro atoms. The van der Waals surface area contributed by atoms with Gasteiger partial charge in [0.15, 0.2) is 0 Å². The Morgan fingerprint density at radius 1 is 1.14 bits per heavy atom. The lowest BCUT2D eigenvalue weighted by molar-refractivity contribution is -0.147. The molecule has 0 aliphatic carbocycles. The van der Waals surface area contributed by atoms with Gasteiger partial charge in [0.2, 0.25) is 5.91 Å². The summed E-state index contributed by atoms with van der Waals surface area (Å²) >= 11 is 0. The van der Waals surface area contributed by atoms with Gasteiger partial charge >= 0.3 is 0 Å². The average molecular weight is 391 g/mol. The summed E-state index contributed by atoms with van der Waals surface area (Å²) in [5.74, 6) is 0.505. The van der Waals surface area contributed by atoms with Crippen molar-refractivity contribution in [2.45, 2.75) is 26.3 Å². The lowest BCUT2D eigenvalue weighted by Crippen LogP contribution is -2.49. The van der Waals surface area contributed by atoms with E-state index in [9.17, 15) is 9.59 Å². The van der Waals surface area contributed by atoms with Gasteiger partial charge in [0.05, 0.1) is 7.11 Å². The van der Waals surface area contributed by atoms with Crippen LogP contribution in [0.2, 0.25) is 0 Å². The zero-order valence-corrected chi connectivity index (χ0v) is 17.2. The van der Waals surface area contributed by atoms with Crippen LogP contribution in [0.1, 0.15) is 29.3 Å². The summed E-state index contributed by atoms with van der Waals surface area (Å²) in [6.45, 7) is 4.56. The van der Waals surface area contributed by atoms with Crippen LogP contribution in [0.15, 0.2) is 42.5 Å². The maximum Gasteiger partial charge on any atom is 0.251 e. The largest absolute Gasteiger partial charge is 0.497 e. The van der Waals surface area contributed by atoms with Gasteiger partial charge in [0.1, 0.15) is 11.8 Å². The van der Waals surface area contributed by atoms with Crippen LogP contribution in [-0.4, -0.2) is 34.9 Å². The Morgan fingerprint density at radius 2 is 1.86 bits per heavy atom. The van der Waals surface area contributed by atoms with Crippen LogP contribution in [0, 0.1) is 13.8 Å². The fraction of sp³-hybridized carbons (Fsp3) is 0.304. The molecule has 3 aromatic rings. The molecule has 1 fully saturated rings. The number of ether oxygens (including phenoxy) is 1. The Kier molecular flexibility index (Phi) is 4.78. The van der Waals surface area contributed by atoms with Crippen molar-refractivity contribution in [1.82, 2.24) is 9.47 Å². The maximum absolute atomic E-state index is 13.4. The molecule has 1 unspecified atom stereocenters. The lowest BCUT2D eigenvalue weighted by atomic mass is 9.97. The third-order valence-electron chi connectivity index (χ3n) is 5.79. The highest BCUT2D eigenvalue weighted by Gasteiger charge is 2.39. The summed E-state index contributed by atoms with van der Waals surface area (Å²) in [5.41, 5.74) is 4.64. The molecule has 1 aliphatic rings. The minimum atomic E-state index is -0.687. The number of aryl methyl sites for hydroxylation is 2. The highest BCUT2D eigenvalue weighted by molar-refractivity contribution is 6.02. The number of fused-ring (bicyclic) bond motifs is 1. The van der Waals surface area contributed by atoms with Gasteiger partial charge in [-0.2, -0.15) is 0 Å². The number of hydrogen-bond acceptors (Lipinski definition) is 3. The van der Waals surface area contributed by atoms with E-state index in [2.05, 4.69) is 9.88 Å². The third-order valence-corrected chi connectivity index (χ3v) is 5.79. The number of rotatable bonds is 5. The fourth-order valence-corrected chi connectivity index (χ4v) is 3.93. The van der Waals surface area contributed by atoms with Crippen molar-refractivity contribution in [2.24, 2.45) is 7.05 Å². The third kappa shape index (κ3) is 3.24. The Hall–Kier alpha value is -3.28. The second-order valence-electron chi connectivity index (χ2n) is 7.54. The SMILES string of the molecule is COc1ccc2c(c1)c(C(C(=O)Nc1ccc(C)cc1)N1CCC1=O)c(C)n2C. The van der Waals surface area contributed by atoms with Crippen LogP contribution in [0.25, 0.3) is 10.9 Å². The molecule has 1 atom stereocenters. The van der Waals surface area contributed by atoms with Crippen LogP contribution < -0.4 is 10.1 Å². The number of carbonyl (C=O) groups is 2. The van der Waals surface area contributed by atoms with E-state index in [0.29, 0.717) is 18.7 Å². The predicted molar refractivity (Wildman–Crippen MR) is 113 cm³/mol. The molecule has 1 N–H and O–H groups in total. The van der Waals surface area contributed by atoms with Gasteiger partial charge in [0.25, 0.3) is 5.91 Å². The van der Waals surface area contributed by atoms with Gasteiger partial charge < -0.3 is 19.5 Å². The molecule has 150 valence electrons. The first-order valence-corrected chi connectivity index (χ1v) is 9.70. The van der Waals surface area contributed by atoms with Crippen LogP contribution in [0.5, 0.6) is 5.75 Å². The van der Waals surface area contributed by atoms with Gasteiger partial charge in [-0.3, -0.25) is 9.59 Å². The van der Waals surface area contributed by atoms with Gasteiger partial charge in [0, 0.05) is 47.9 Å². The van der Waals surface area contributed by atoms with Crippen molar-refractivity contribution in [1.29, 1.82) is 0 Å². The molecule has 0 bridgehead atoms. The Balaban J connectivity index is 1.82. The Morgan fingerprint density at radius 3 is 2.45 bits per heavy atom. The second-order valence-corrected chi connectivity index (χ2v) is 7.54. The number of anilines is 1. The van der Waals surface area contributed by atoms with Gasteiger partial charge in [-0.15, -0.1) is 0 Å². The molecule has 6 heteroatoms. The molecule has 0 radical (unpaired) electrons. The molecule has 1 saturated heterocycles. The molecule has 0 saturated carbocycles. The first-order chi connectivity index (χ1) is 13.9. The minimum absolute atomic E-state index is 0.00615. The molecule has 2 aromatic carbocycles. The number of hydrogen-bond donors (Lipinski definition) is 1. The molecule has 4 rings (SSSR count). The van der Waals surface area contributed by atoms with Gasteiger partial charge in [-0.25, -0.2) is 0 Å². The highest BCUT2D eigenvalue weighted by Crippen LogP contribution is 2.38. The molecular formula is C23H25N3O3. The van der Waals surface area contributed by atoms with E-state index in [1.807, 2.05) is 63.4 Å². The van der Waals surface area contributed by atoms with Gasteiger partial charge in [-0.1, -0.05) is 17.7 Å². The Labute approximate surface area is 170 Å². The number of aromatic nitrogens is 1. The van der Waals surface area contributed by atoms with E-state index in [-0.39, 0.29) is 11.8 Å². The number of carbonyl (C=O) groups excluding carboxylic acids is 2. The molecule has 1 aromatic heterocycles. The van der Waals surface area contributed by atoms with E-state index in [1.54, 1.807) is 12.0 Å². The number of nitrogens with one attached hydrogen (secondary N) is 1. The maximum atomic E-state index is 13.4. The number of likely N-dealkylation sites (tertiary alicyclic amines) is 1. The van der Waals surface area contributed by atoms with Gasteiger partial charge in [-0.05, 0) is 44.2 Å². The smallest absolute Gasteiger partial charge is 0.251 e. The van der Waals surface area contributed by atoms with E-state index < -0.39 is 6.04 Å². The van der Waals surface area contributed by atoms with E-state index in [0.717, 1.165) is 33.5 Å². The fourth-order valence-electron chi connectivity index (χ4n) is 3.93. The van der Waals surface area contributed by atoms with Crippen molar-refractivity contribution >= 4 is 28.4 Å². The van der Waals surface area contributed by atoms with Crippen molar-refractivity contribution in [3.8, 4) is 5.75 Å². The van der Waals surface area contributed by atoms with E-state index >= 15 is 0 Å². The van der Waals surface area contributed by atoms with Crippen molar-refractivity contribution in [3.05, 3.63) is 59.3 Å². The number of methoxy groups -OCH3 is 1. The van der Waals surface area contributed by atoms with Crippen molar-refractivity contribution in [2.75, 3.05) is 19.0 Å². The predicted octanol–water partition coefficient (Wildman–Crippen LogP) is 3.72. The van der Waals surface area contributed by atoms with Crippen LogP contribution in [0.3, 0.4) is 0 Å². The Bertz CT molecular complexity index is 1100. The summed E-state index contributed by atoms with van der Waals surface area (Å²) in [7, 11) is 3.59. The number of amides is 2. The summed E-state index contributed by atoms with van der Waals surface area (Å²) < 4.78 is 7.46. The zero-order valence-electron chi connectivity index (χ0n) is 17.2. The molecule has 1 aliphatic heterocycles. The minimum Gasteiger partial charge on any atom is -0.497 e. The number of nitrogens with zero attached hydrogens (tertiary/aromatic N) is 2. The molecular weight excluding hydrogens is 366 g/mol. The summed E-state index contributed by atoms with van der Waals surface area (Å²) in [5, 5.41) is 3.92. The summed E-state index contributed by atoms with van der Waals surface area (Å²) in [6.07, 6.45) is 0.474. The van der Waals surface area contributed by atoms with E-state index in [4.69, 9.17) is 4.74 Å². The first-order valence-electron chi connectivity index (χ1n) is 9.70. The highest BCUT2D eigenvalue weighted by atomic mass is 16.5. The molecule has 29 heavy (non-hydrogen) atoms. The van der Waals surface area contributed by atoms with E-state index in [1.165, 1.54) is 0 Å². The average Bonchev–Trinajstić information content (AvgIpc) is 2.96. The monoisotopic (exact) mass is 391 g/mol. The summed E-state index contributed by atoms with van der Waals surface area (Å²) in [6, 6.07) is 12.8. The van der Waals surface area contributed by atoms with Crippen molar-refractivity contribution < 1.29 is 14.3 Å².